The topological polar surface area (TPSA) is 49.8 Å². The summed E-state index contributed by atoms with van der Waals surface area (Å²) in [6, 6.07) is 12.6. The second-order valence-electron chi connectivity index (χ2n) is 3.52. The lowest BCUT2D eigenvalue weighted by Gasteiger charge is -2.07. The Morgan fingerprint density at radius 2 is 1.88 bits per heavy atom. The number of nitrogen functional groups attached to an aromatic ring is 1. The first-order valence-electron chi connectivity index (χ1n) is 4.87. The summed E-state index contributed by atoms with van der Waals surface area (Å²) in [4.78, 5) is 0. The monoisotopic (exact) mass is 262 g/mol. The predicted molar refractivity (Wildman–Crippen MR) is 71.0 cm³/mol. The first-order valence-corrected chi connectivity index (χ1v) is 5.63. The minimum Gasteiger partial charge on any atom is -0.398 e. The molecule has 0 radical (unpaired) electrons. The van der Waals surface area contributed by atoms with E-state index in [4.69, 9.17) is 34.2 Å². The van der Waals surface area contributed by atoms with Crippen molar-refractivity contribution in [1.29, 1.82) is 5.26 Å². The van der Waals surface area contributed by atoms with Crippen LogP contribution in [-0.4, -0.2) is 0 Å². The molecule has 2 aromatic carbocycles. The van der Waals surface area contributed by atoms with Crippen LogP contribution in [-0.2, 0) is 0 Å². The van der Waals surface area contributed by atoms with Crippen LogP contribution in [0.25, 0.3) is 11.1 Å². The highest BCUT2D eigenvalue weighted by Gasteiger charge is 2.08. The van der Waals surface area contributed by atoms with Crippen molar-refractivity contribution < 1.29 is 0 Å². The number of nitrogens with zero attached hydrogens (tertiary/aromatic N) is 1. The Kier molecular flexibility index (Phi) is 3.23. The molecule has 4 heteroatoms. The summed E-state index contributed by atoms with van der Waals surface area (Å²) in [5.74, 6) is 0. The maximum Gasteiger partial charge on any atom is 0.101 e. The molecular weight excluding hydrogens is 255 g/mol. The first kappa shape index (κ1) is 11.8. The molecule has 0 atom stereocenters. The van der Waals surface area contributed by atoms with Gasteiger partial charge in [-0.15, -0.1) is 0 Å². The van der Waals surface area contributed by atoms with Gasteiger partial charge in [0, 0.05) is 5.56 Å². The van der Waals surface area contributed by atoms with E-state index in [1.54, 1.807) is 24.3 Å². The fourth-order valence-electron chi connectivity index (χ4n) is 1.56. The highest BCUT2D eigenvalue weighted by molar-refractivity contribution is 6.43. The molecule has 0 heterocycles. The predicted octanol–water partition coefficient (Wildman–Crippen LogP) is 4.11. The number of anilines is 1. The summed E-state index contributed by atoms with van der Waals surface area (Å²) in [5.41, 5.74) is 8.28. The van der Waals surface area contributed by atoms with Gasteiger partial charge in [0.25, 0.3) is 0 Å². The zero-order valence-corrected chi connectivity index (χ0v) is 10.3. The van der Waals surface area contributed by atoms with Gasteiger partial charge in [-0.2, -0.15) is 5.26 Å². The largest absolute Gasteiger partial charge is 0.398 e. The van der Waals surface area contributed by atoms with Gasteiger partial charge in [0.05, 0.1) is 21.3 Å². The van der Waals surface area contributed by atoms with Crippen LogP contribution in [0.1, 0.15) is 5.56 Å². The van der Waals surface area contributed by atoms with E-state index in [0.717, 1.165) is 11.1 Å². The third-order valence-electron chi connectivity index (χ3n) is 2.43. The molecule has 0 aromatic heterocycles. The molecule has 2 N–H and O–H groups in total. The Labute approximate surface area is 109 Å². The van der Waals surface area contributed by atoms with Gasteiger partial charge < -0.3 is 5.73 Å². The third-order valence-corrected chi connectivity index (χ3v) is 3.25. The molecule has 2 rings (SSSR count). The van der Waals surface area contributed by atoms with Gasteiger partial charge in [0.1, 0.15) is 6.07 Å². The summed E-state index contributed by atoms with van der Waals surface area (Å²) in [5, 5.41) is 9.78. The van der Waals surface area contributed by atoms with Gasteiger partial charge >= 0.3 is 0 Å². The second-order valence-corrected chi connectivity index (χ2v) is 4.30. The van der Waals surface area contributed by atoms with Crippen LogP contribution < -0.4 is 5.73 Å². The maximum absolute atomic E-state index is 8.80. The summed E-state index contributed by atoms with van der Waals surface area (Å²) in [6.07, 6.45) is 0. The fourth-order valence-corrected chi connectivity index (χ4v) is 1.97. The van der Waals surface area contributed by atoms with Crippen LogP contribution in [0.15, 0.2) is 36.4 Å². The molecule has 0 aliphatic carbocycles. The van der Waals surface area contributed by atoms with E-state index in [9.17, 15) is 0 Å². The smallest absolute Gasteiger partial charge is 0.101 e. The molecule has 0 aliphatic rings. The van der Waals surface area contributed by atoms with Gasteiger partial charge in [0.2, 0.25) is 0 Å². The normalized spacial score (nSPS) is 9.94. The van der Waals surface area contributed by atoms with Crippen molar-refractivity contribution >= 4 is 28.9 Å². The van der Waals surface area contributed by atoms with Crippen molar-refractivity contribution in [3.05, 3.63) is 52.0 Å². The number of nitriles is 1. The van der Waals surface area contributed by atoms with Crippen LogP contribution in [0.5, 0.6) is 0 Å². The Morgan fingerprint density at radius 3 is 2.53 bits per heavy atom. The molecule has 0 saturated heterocycles. The van der Waals surface area contributed by atoms with E-state index in [-0.39, 0.29) is 0 Å². The SMILES string of the molecule is N#Cc1ccc(-c2cccc(Cl)c2Cl)cc1N. The molecule has 0 bridgehead atoms. The molecule has 0 amide bonds. The minimum absolute atomic E-state index is 0.432. The van der Waals surface area contributed by atoms with E-state index in [2.05, 4.69) is 0 Å². The van der Waals surface area contributed by atoms with Crippen LogP contribution in [0.4, 0.5) is 5.69 Å². The quantitative estimate of drug-likeness (QED) is 0.787. The average molecular weight is 263 g/mol. The van der Waals surface area contributed by atoms with Crippen LogP contribution in [0.3, 0.4) is 0 Å². The second kappa shape index (κ2) is 4.67. The van der Waals surface area contributed by atoms with Gasteiger partial charge in [-0.1, -0.05) is 41.4 Å². The fraction of sp³-hybridized carbons (Fsp3) is 0. The number of benzene rings is 2. The van der Waals surface area contributed by atoms with Crippen molar-refractivity contribution in [1.82, 2.24) is 0 Å². The highest BCUT2D eigenvalue weighted by atomic mass is 35.5. The van der Waals surface area contributed by atoms with Crippen molar-refractivity contribution in [2.45, 2.75) is 0 Å². The van der Waals surface area contributed by atoms with E-state index in [0.29, 0.717) is 21.3 Å². The lowest BCUT2D eigenvalue weighted by molar-refractivity contribution is 1.48. The Morgan fingerprint density at radius 1 is 1.12 bits per heavy atom. The third kappa shape index (κ3) is 2.21. The lowest BCUT2D eigenvalue weighted by atomic mass is 10.0. The van der Waals surface area contributed by atoms with Gasteiger partial charge in [-0.3, -0.25) is 0 Å². The van der Waals surface area contributed by atoms with E-state index < -0.39 is 0 Å². The summed E-state index contributed by atoms with van der Waals surface area (Å²) in [6.45, 7) is 0. The average Bonchev–Trinajstić information content (AvgIpc) is 2.32. The molecular formula is C13H8Cl2N2. The number of hydrogen-bond donors (Lipinski definition) is 1. The van der Waals surface area contributed by atoms with E-state index in [1.807, 2.05) is 18.2 Å². The van der Waals surface area contributed by atoms with Crippen LogP contribution in [0, 0.1) is 11.3 Å². The minimum atomic E-state index is 0.432. The highest BCUT2D eigenvalue weighted by Crippen LogP contribution is 2.34. The van der Waals surface area contributed by atoms with E-state index >= 15 is 0 Å². The molecule has 0 fully saturated rings. The summed E-state index contributed by atoms with van der Waals surface area (Å²) < 4.78 is 0. The lowest BCUT2D eigenvalue weighted by Crippen LogP contribution is -1.91. The van der Waals surface area contributed by atoms with Gasteiger partial charge in [0.15, 0.2) is 0 Å². The molecule has 0 saturated carbocycles. The van der Waals surface area contributed by atoms with Crippen LogP contribution >= 0.6 is 23.2 Å². The molecule has 0 spiro atoms. The molecule has 17 heavy (non-hydrogen) atoms. The number of rotatable bonds is 1. The van der Waals surface area contributed by atoms with Crippen molar-refractivity contribution in [2.75, 3.05) is 5.73 Å². The molecule has 0 unspecified atom stereocenters. The van der Waals surface area contributed by atoms with Crippen molar-refractivity contribution in [2.24, 2.45) is 0 Å². The maximum atomic E-state index is 8.80. The summed E-state index contributed by atoms with van der Waals surface area (Å²) in [7, 11) is 0. The molecule has 0 aliphatic heterocycles. The Balaban J connectivity index is 2.59. The Hall–Kier alpha value is -1.69. The molecule has 84 valence electrons. The zero-order chi connectivity index (χ0) is 12.4. The number of hydrogen-bond acceptors (Lipinski definition) is 2. The standard InChI is InChI=1S/C13H8Cl2N2/c14-11-3-1-2-10(13(11)15)8-4-5-9(7-16)12(17)6-8/h1-6H,17H2. The first-order chi connectivity index (χ1) is 8.13. The number of nitrogens with two attached hydrogens (primary N) is 1. The molecule has 2 aromatic rings. The van der Waals surface area contributed by atoms with E-state index in [1.165, 1.54) is 0 Å². The molecule has 2 nitrogen and oxygen atoms in total. The van der Waals surface area contributed by atoms with Crippen molar-refractivity contribution in [3.8, 4) is 17.2 Å². The van der Waals surface area contributed by atoms with Crippen LogP contribution in [0.2, 0.25) is 10.0 Å². The van der Waals surface area contributed by atoms with Crippen molar-refractivity contribution in [3.63, 3.8) is 0 Å². The zero-order valence-electron chi connectivity index (χ0n) is 8.74. The van der Waals surface area contributed by atoms with Gasteiger partial charge in [-0.25, -0.2) is 0 Å². The summed E-state index contributed by atoms with van der Waals surface area (Å²) >= 11 is 12.1. The van der Waals surface area contributed by atoms with Gasteiger partial charge in [-0.05, 0) is 23.8 Å². The Bertz CT molecular complexity index is 615. The number of halogens is 2.